The molecule has 0 unspecified atom stereocenters. The first-order chi connectivity index (χ1) is 12.1. The Morgan fingerprint density at radius 1 is 1.32 bits per heavy atom. The molecule has 0 aliphatic heterocycles. The average Bonchev–Trinajstić information content (AvgIpc) is 3.04. The van der Waals surface area contributed by atoms with Crippen LogP contribution in [-0.4, -0.2) is 29.2 Å². The summed E-state index contributed by atoms with van der Waals surface area (Å²) in [4.78, 5) is 30.4. The molecule has 0 atom stereocenters. The van der Waals surface area contributed by atoms with Gasteiger partial charge in [-0.05, 0) is 11.6 Å². The molecule has 0 bridgehead atoms. The number of carbonyl (C=O) groups is 1. The molecule has 2 heterocycles. The fourth-order valence-electron chi connectivity index (χ4n) is 2.64. The summed E-state index contributed by atoms with van der Waals surface area (Å²) >= 11 is 1.49. The molecule has 6 nitrogen and oxygen atoms in total. The molecule has 130 valence electrons. The van der Waals surface area contributed by atoms with Gasteiger partial charge < -0.3 is 10.5 Å². The predicted molar refractivity (Wildman–Crippen MR) is 98.7 cm³/mol. The lowest BCUT2D eigenvalue weighted by atomic mass is 10.2. The van der Waals surface area contributed by atoms with E-state index in [1.807, 2.05) is 36.4 Å². The van der Waals surface area contributed by atoms with Gasteiger partial charge in [-0.15, -0.1) is 11.3 Å². The van der Waals surface area contributed by atoms with Crippen LogP contribution in [0.15, 0.2) is 41.2 Å². The largest absolute Gasteiger partial charge is 0.384 e. The Morgan fingerprint density at radius 3 is 2.76 bits per heavy atom. The highest BCUT2D eigenvalue weighted by atomic mass is 32.1. The summed E-state index contributed by atoms with van der Waals surface area (Å²) in [5.41, 5.74) is 6.14. The third kappa shape index (κ3) is 3.78. The van der Waals surface area contributed by atoms with E-state index in [1.54, 1.807) is 7.11 Å². The van der Waals surface area contributed by atoms with Crippen LogP contribution in [0.2, 0.25) is 0 Å². The van der Waals surface area contributed by atoms with Crippen molar-refractivity contribution in [1.82, 2.24) is 9.55 Å². The summed E-state index contributed by atoms with van der Waals surface area (Å²) in [5, 5.41) is 0.564. The number of aromatic nitrogens is 2. The SMILES string of the molecule is COCCc1nc2sc(-c3ccccc3)cc2c(=O)n1CCC(N)=O. The molecular weight excluding hydrogens is 338 g/mol. The number of hydrogen-bond donors (Lipinski definition) is 1. The average molecular weight is 357 g/mol. The Hall–Kier alpha value is -2.51. The third-order valence-corrected chi connectivity index (χ3v) is 4.98. The van der Waals surface area contributed by atoms with Crippen molar-refractivity contribution in [3.05, 3.63) is 52.6 Å². The second kappa shape index (κ2) is 7.58. The van der Waals surface area contributed by atoms with Crippen LogP contribution in [0, 0.1) is 0 Å². The van der Waals surface area contributed by atoms with Gasteiger partial charge >= 0.3 is 0 Å². The first-order valence-corrected chi connectivity index (χ1v) is 8.77. The fraction of sp³-hybridized carbons (Fsp3) is 0.278. The summed E-state index contributed by atoms with van der Waals surface area (Å²) in [7, 11) is 1.60. The predicted octanol–water partition coefficient (Wildman–Crippen LogP) is 2.19. The maximum atomic E-state index is 12.9. The minimum atomic E-state index is -0.444. The summed E-state index contributed by atoms with van der Waals surface area (Å²) < 4.78 is 6.64. The van der Waals surface area contributed by atoms with E-state index in [-0.39, 0.29) is 18.5 Å². The van der Waals surface area contributed by atoms with Crippen molar-refractivity contribution >= 4 is 27.5 Å². The van der Waals surface area contributed by atoms with Crippen LogP contribution in [0.1, 0.15) is 12.2 Å². The van der Waals surface area contributed by atoms with Crippen molar-refractivity contribution in [3.8, 4) is 10.4 Å². The van der Waals surface area contributed by atoms with E-state index in [0.29, 0.717) is 29.1 Å². The Bertz CT molecular complexity index is 947. The lowest BCUT2D eigenvalue weighted by Gasteiger charge is -2.11. The lowest BCUT2D eigenvalue weighted by Crippen LogP contribution is -2.27. The number of hydrogen-bond acceptors (Lipinski definition) is 5. The van der Waals surface area contributed by atoms with Crippen LogP contribution in [0.4, 0.5) is 0 Å². The quantitative estimate of drug-likeness (QED) is 0.702. The van der Waals surface area contributed by atoms with Crippen molar-refractivity contribution in [3.63, 3.8) is 0 Å². The molecule has 0 fully saturated rings. The van der Waals surface area contributed by atoms with Crippen LogP contribution in [0.5, 0.6) is 0 Å². The van der Waals surface area contributed by atoms with Gasteiger partial charge in [0.15, 0.2) is 0 Å². The van der Waals surface area contributed by atoms with Crippen molar-refractivity contribution in [1.29, 1.82) is 0 Å². The van der Waals surface area contributed by atoms with Gasteiger partial charge in [0.2, 0.25) is 5.91 Å². The number of amides is 1. The van der Waals surface area contributed by atoms with E-state index in [4.69, 9.17) is 10.5 Å². The van der Waals surface area contributed by atoms with Gasteiger partial charge in [0.1, 0.15) is 10.7 Å². The topological polar surface area (TPSA) is 87.2 Å². The summed E-state index contributed by atoms with van der Waals surface area (Å²) in [6, 6.07) is 11.7. The molecular formula is C18H19N3O3S. The molecule has 0 spiro atoms. The number of fused-ring (bicyclic) bond motifs is 1. The van der Waals surface area contributed by atoms with E-state index in [0.717, 1.165) is 10.4 Å². The van der Waals surface area contributed by atoms with Crippen molar-refractivity contribution in [2.24, 2.45) is 5.73 Å². The van der Waals surface area contributed by atoms with Crippen LogP contribution < -0.4 is 11.3 Å². The van der Waals surface area contributed by atoms with Gasteiger partial charge in [0.25, 0.3) is 5.56 Å². The molecule has 7 heteroatoms. The molecule has 2 N–H and O–H groups in total. The highest BCUT2D eigenvalue weighted by Crippen LogP contribution is 2.31. The van der Waals surface area contributed by atoms with Crippen molar-refractivity contribution in [2.45, 2.75) is 19.4 Å². The second-order valence-electron chi connectivity index (χ2n) is 5.64. The monoisotopic (exact) mass is 357 g/mol. The molecule has 0 saturated carbocycles. The van der Waals surface area contributed by atoms with E-state index >= 15 is 0 Å². The number of methoxy groups -OCH3 is 1. The zero-order valence-corrected chi connectivity index (χ0v) is 14.7. The minimum absolute atomic E-state index is 0.1000. The number of ether oxygens (including phenoxy) is 1. The van der Waals surface area contributed by atoms with Crippen molar-refractivity contribution in [2.75, 3.05) is 13.7 Å². The Kier molecular flexibility index (Phi) is 5.25. The molecule has 0 aliphatic carbocycles. The summed E-state index contributed by atoms with van der Waals surface area (Å²) in [6.07, 6.45) is 0.599. The fourth-order valence-corrected chi connectivity index (χ4v) is 3.69. The molecule has 0 radical (unpaired) electrons. The van der Waals surface area contributed by atoms with E-state index in [1.165, 1.54) is 15.9 Å². The summed E-state index contributed by atoms with van der Waals surface area (Å²) in [6.45, 7) is 0.679. The van der Waals surface area contributed by atoms with Crippen LogP contribution in [-0.2, 0) is 22.5 Å². The van der Waals surface area contributed by atoms with E-state index in [9.17, 15) is 9.59 Å². The molecule has 2 aromatic heterocycles. The van der Waals surface area contributed by atoms with Crippen LogP contribution in [0.25, 0.3) is 20.7 Å². The van der Waals surface area contributed by atoms with Crippen LogP contribution in [0.3, 0.4) is 0 Å². The standard InChI is InChI=1S/C18H19N3O3S/c1-24-10-8-16-20-17-13(18(23)21(16)9-7-15(19)22)11-14(25-17)12-5-3-2-4-6-12/h2-6,11H,7-10H2,1H3,(H2,19,22). The second-order valence-corrected chi connectivity index (χ2v) is 6.67. The van der Waals surface area contributed by atoms with E-state index in [2.05, 4.69) is 4.98 Å². The maximum absolute atomic E-state index is 12.9. The minimum Gasteiger partial charge on any atom is -0.384 e. The van der Waals surface area contributed by atoms with Gasteiger partial charge in [-0.1, -0.05) is 30.3 Å². The number of nitrogens with zero attached hydrogens (tertiary/aromatic N) is 2. The molecule has 3 aromatic rings. The molecule has 25 heavy (non-hydrogen) atoms. The highest BCUT2D eigenvalue weighted by Gasteiger charge is 2.15. The molecule has 1 aromatic carbocycles. The first-order valence-electron chi connectivity index (χ1n) is 7.96. The molecule has 3 rings (SSSR count). The number of primary amides is 1. The lowest BCUT2D eigenvalue weighted by molar-refractivity contribution is -0.118. The number of benzene rings is 1. The number of nitrogens with two attached hydrogens (primary N) is 1. The first kappa shape index (κ1) is 17.3. The number of rotatable bonds is 7. The highest BCUT2D eigenvalue weighted by molar-refractivity contribution is 7.21. The van der Waals surface area contributed by atoms with Gasteiger partial charge in [0, 0.05) is 31.4 Å². The maximum Gasteiger partial charge on any atom is 0.262 e. The Balaban J connectivity index is 2.10. The van der Waals surface area contributed by atoms with Gasteiger partial charge in [-0.25, -0.2) is 4.98 Å². The van der Waals surface area contributed by atoms with Gasteiger partial charge in [-0.3, -0.25) is 14.2 Å². The zero-order chi connectivity index (χ0) is 17.8. The number of carbonyl (C=O) groups excluding carboxylic acids is 1. The van der Waals surface area contributed by atoms with Gasteiger partial charge in [-0.2, -0.15) is 0 Å². The molecule has 1 amide bonds. The Labute approximate surface area is 148 Å². The normalized spacial score (nSPS) is 11.1. The zero-order valence-electron chi connectivity index (χ0n) is 13.9. The van der Waals surface area contributed by atoms with Gasteiger partial charge in [0.05, 0.1) is 12.0 Å². The van der Waals surface area contributed by atoms with Crippen LogP contribution >= 0.6 is 11.3 Å². The van der Waals surface area contributed by atoms with E-state index < -0.39 is 5.91 Å². The Morgan fingerprint density at radius 2 is 2.08 bits per heavy atom. The summed E-state index contributed by atoms with van der Waals surface area (Å²) in [5.74, 6) is 0.169. The molecule has 0 aliphatic rings. The number of thiophene rings is 1. The third-order valence-electron chi connectivity index (χ3n) is 3.90. The smallest absolute Gasteiger partial charge is 0.262 e. The molecule has 0 saturated heterocycles. The van der Waals surface area contributed by atoms with Crippen molar-refractivity contribution < 1.29 is 9.53 Å².